The van der Waals surface area contributed by atoms with Crippen LogP contribution in [0.5, 0.6) is 0 Å². The highest BCUT2D eigenvalue weighted by atomic mass is 79.9. The number of hydrogen-bond acceptors (Lipinski definition) is 3. The number of amides is 1. The van der Waals surface area contributed by atoms with Crippen molar-refractivity contribution in [3.63, 3.8) is 0 Å². The molecule has 1 heterocycles. The Morgan fingerprint density at radius 3 is 2.43 bits per heavy atom. The van der Waals surface area contributed by atoms with Gasteiger partial charge in [0.25, 0.3) is 0 Å². The molecule has 1 aliphatic rings. The Morgan fingerprint density at radius 1 is 1.14 bits per heavy atom. The molecule has 0 radical (unpaired) electrons. The van der Waals surface area contributed by atoms with Gasteiger partial charge < -0.3 is 5.32 Å². The molecule has 0 spiro atoms. The second-order valence-electron chi connectivity index (χ2n) is 7.40. The van der Waals surface area contributed by atoms with Crippen molar-refractivity contribution in [1.29, 1.82) is 0 Å². The highest BCUT2D eigenvalue weighted by molar-refractivity contribution is 9.10. The van der Waals surface area contributed by atoms with Gasteiger partial charge in [0.2, 0.25) is 15.9 Å². The zero-order valence-corrected chi connectivity index (χ0v) is 18.7. The number of sulfonamides is 1. The van der Waals surface area contributed by atoms with Crippen LogP contribution in [-0.2, 0) is 14.8 Å². The van der Waals surface area contributed by atoms with Crippen molar-refractivity contribution in [2.75, 3.05) is 18.4 Å². The van der Waals surface area contributed by atoms with Crippen LogP contribution in [0.2, 0.25) is 0 Å². The minimum atomic E-state index is -3.64. The van der Waals surface area contributed by atoms with E-state index in [-0.39, 0.29) is 18.4 Å². The van der Waals surface area contributed by atoms with E-state index in [9.17, 15) is 13.2 Å². The number of carbonyl (C=O) groups excluding carboxylic acids is 1. The van der Waals surface area contributed by atoms with Gasteiger partial charge in [0.1, 0.15) is 0 Å². The number of aryl methyl sites for hydroxylation is 3. The summed E-state index contributed by atoms with van der Waals surface area (Å²) in [6, 6.07) is 11.2. The molecular formula is C21H25BrN2O3S. The molecule has 1 aliphatic heterocycles. The number of nitrogens with one attached hydrogen (secondary N) is 1. The molecule has 1 fully saturated rings. The zero-order chi connectivity index (χ0) is 20.5. The minimum absolute atomic E-state index is 0.149. The van der Waals surface area contributed by atoms with Crippen LogP contribution in [0.4, 0.5) is 5.69 Å². The maximum Gasteiger partial charge on any atom is 0.243 e. The lowest BCUT2D eigenvalue weighted by molar-refractivity contribution is -0.120. The van der Waals surface area contributed by atoms with E-state index in [2.05, 4.69) is 21.2 Å². The molecule has 3 rings (SSSR count). The van der Waals surface area contributed by atoms with E-state index in [1.54, 1.807) is 0 Å². The van der Waals surface area contributed by atoms with Crippen molar-refractivity contribution in [3.05, 3.63) is 57.6 Å². The van der Waals surface area contributed by atoms with Crippen molar-refractivity contribution in [2.45, 2.75) is 38.5 Å². The van der Waals surface area contributed by atoms with Crippen LogP contribution in [0.15, 0.2) is 45.8 Å². The first-order valence-electron chi connectivity index (χ1n) is 9.33. The number of halogens is 1. The van der Waals surface area contributed by atoms with Gasteiger partial charge in [-0.3, -0.25) is 4.79 Å². The fourth-order valence-electron chi connectivity index (χ4n) is 3.87. The number of carbonyl (C=O) groups is 1. The summed E-state index contributed by atoms with van der Waals surface area (Å²) in [6.07, 6.45) is 1.34. The van der Waals surface area contributed by atoms with Gasteiger partial charge in [0.05, 0.1) is 16.5 Å². The molecule has 2 aromatic rings. The molecule has 1 saturated heterocycles. The number of anilines is 1. The number of piperidine rings is 1. The molecule has 7 heteroatoms. The lowest BCUT2D eigenvalue weighted by Crippen LogP contribution is -2.44. The average molecular weight is 465 g/mol. The Labute approximate surface area is 175 Å². The minimum Gasteiger partial charge on any atom is -0.325 e. The molecule has 1 N–H and O–H groups in total. The van der Waals surface area contributed by atoms with Crippen molar-refractivity contribution in [3.8, 4) is 0 Å². The Kier molecular flexibility index (Phi) is 6.27. The smallest absolute Gasteiger partial charge is 0.243 e. The summed E-state index contributed by atoms with van der Waals surface area (Å²) in [4.78, 5) is 13.1. The second-order valence-corrected chi connectivity index (χ2v) is 10.1. The van der Waals surface area contributed by atoms with Crippen LogP contribution in [-0.4, -0.2) is 31.7 Å². The van der Waals surface area contributed by atoms with E-state index in [0.29, 0.717) is 30.0 Å². The highest BCUT2D eigenvalue weighted by Crippen LogP contribution is 2.30. The van der Waals surface area contributed by atoms with E-state index >= 15 is 0 Å². The summed E-state index contributed by atoms with van der Waals surface area (Å²) >= 11 is 3.42. The van der Waals surface area contributed by atoms with Gasteiger partial charge in [-0.15, -0.1) is 0 Å². The van der Waals surface area contributed by atoms with Crippen molar-refractivity contribution in [2.24, 2.45) is 5.92 Å². The number of para-hydroxylation sites is 1. The quantitative estimate of drug-likeness (QED) is 0.728. The molecule has 0 aliphatic carbocycles. The van der Waals surface area contributed by atoms with Crippen LogP contribution in [0.25, 0.3) is 0 Å². The third-order valence-corrected chi connectivity index (χ3v) is 7.95. The maximum absolute atomic E-state index is 13.3. The van der Waals surface area contributed by atoms with Crippen LogP contribution in [0, 0.1) is 26.7 Å². The molecule has 0 aromatic heterocycles. The Balaban J connectivity index is 1.81. The standard InChI is InChI=1S/C21H25BrN2O3S/c1-14-11-15(2)20(16(3)12-14)28(26,27)24-10-6-7-17(13-24)21(25)23-19-9-5-4-8-18(19)22/h4-5,8-9,11-12,17H,6-7,10,13H2,1-3H3,(H,23,25)/t17-/m1/s1. The predicted octanol–water partition coefficient (Wildman–Crippen LogP) is 4.41. The summed E-state index contributed by atoms with van der Waals surface area (Å²) in [5, 5.41) is 2.91. The molecule has 150 valence electrons. The predicted molar refractivity (Wildman–Crippen MR) is 115 cm³/mol. The van der Waals surface area contributed by atoms with Crippen LogP contribution < -0.4 is 5.32 Å². The Morgan fingerprint density at radius 2 is 1.79 bits per heavy atom. The summed E-state index contributed by atoms with van der Waals surface area (Å²) in [5.74, 6) is -0.522. The van der Waals surface area contributed by atoms with Crippen LogP contribution >= 0.6 is 15.9 Å². The lowest BCUT2D eigenvalue weighted by atomic mass is 9.99. The van der Waals surface area contributed by atoms with Gasteiger partial charge in [-0.1, -0.05) is 29.8 Å². The fourth-order valence-corrected chi connectivity index (χ4v) is 6.19. The monoisotopic (exact) mass is 464 g/mol. The normalized spacial score (nSPS) is 18.1. The molecule has 0 saturated carbocycles. The molecule has 0 unspecified atom stereocenters. The molecule has 1 amide bonds. The summed E-state index contributed by atoms with van der Waals surface area (Å²) in [6.45, 7) is 6.25. The van der Waals surface area contributed by atoms with Crippen molar-refractivity contribution < 1.29 is 13.2 Å². The highest BCUT2D eigenvalue weighted by Gasteiger charge is 2.35. The molecule has 28 heavy (non-hydrogen) atoms. The molecule has 0 bridgehead atoms. The van der Waals surface area contributed by atoms with Crippen molar-refractivity contribution in [1.82, 2.24) is 4.31 Å². The van der Waals surface area contributed by atoms with E-state index in [4.69, 9.17) is 0 Å². The van der Waals surface area contributed by atoms with Gasteiger partial charge in [-0.05, 0) is 72.8 Å². The Bertz CT molecular complexity index is 981. The third-order valence-electron chi connectivity index (χ3n) is 5.09. The van der Waals surface area contributed by atoms with Gasteiger partial charge >= 0.3 is 0 Å². The average Bonchev–Trinajstić information content (AvgIpc) is 2.62. The maximum atomic E-state index is 13.3. The second kappa shape index (κ2) is 8.35. The van der Waals surface area contributed by atoms with E-state index in [1.807, 2.05) is 57.2 Å². The molecule has 5 nitrogen and oxygen atoms in total. The lowest BCUT2D eigenvalue weighted by Gasteiger charge is -2.32. The number of rotatable bonds is 4. The van der Waals surface area contributed by atoms with E-state index in [0.717, 1.165) is 21.2 Å². The van der Waals surface area contributed by atoms with Crippen molar-refractivity contribution >= 4 is 37.5 Å². The largest absolute Gasteiger partial charge is 0.325 e. The summed E-state index contributed by atoms with van der Waals surface area (Å²) < 4.78 is 28.9. The molecular weight excluding hydrogens is 440 g/mol. The van der Waals surface area contributed by atoms with E-state index < -0.39 is 10.0 Å². The van der Waals surface area contributed by atoms with Crippen LogP contribution in [0.3, 0.4) is 0 Å². The topological polar surface area (TPSA) is 66.5 Å². The van der Waals surface area contributed by atoms with Gasteiger partial charge in [-0.25, -0.2) is 8.42 Å². The van der Waals surface area contributed by atoms with Gasteiger partial charge in [-0.2, -0.15) is 4.31 Å². The first-order valence-corrected chi connectivity index (χ1v) is 11.6. The summed E-state index contributed by atoms with van der Waals surface area (Å²) in [5.41, 5.74) is 3.23. The zero-order valence-electron chi connectivity index (χ0n) is 16.3. The number of hydrogen-bond donors (Lipinski definition) is 1. The van der Waals surface area contributed by atoms with Crippen LogP contribution in [0.1, 0.15) is 29.5 Å². The molecule has 1 atom stereocenters. The Hall–Kier alpha value is -1.70. The van der Waals surface area contributed by atoms with Gasteiger partial charge in [0.15, 0.2) is 0 Å². The number of nitrogens with zero attached hydrogens (tertiary/aromatic N) is 1. The first kappa shape index (κ1) is 21.0. The molecule has 2 aromatic carbocycles. The number of benzene rings is 2. The SMILES string of the molecule is Cc1cc(C)c(S(=O)(=O)N2CCC[C@@H](C(=O)Nc3ccccc3Br)C2)c(C)c1. The van der Waals surface area contributed by atoms with Gasteiger partial charge in [0, 0.05) is 17.6 Å². The summed E-state index contributed by atoms with van der Waals surface area (Å²) in [7, 11) is -3.64. The first-order chi connectivity index (χ1) is 13.2. The fraction of sp³-hybridized carbons (Fsp3) is 0.381. The van der Waals surface area contributed by atoms with E-state index in [1.165, 1.54) is 4.31 Å². The third kappa shape index (κ3) is 4.31.